The van der Waals surface area contributed by atoms with E-state index in [2.05, 4.69) is 18.7 Å². The Labute approximate surface area is 278 Å². The second-order valence-corrected chi connectivity index (χ2v) is 11.4. The van der Waals surface area contributed by atoms with Gasteiger partial charge in [0.05, 0.1) is 37.6 Å². The Morgan fingerprint density at radius 2 is 1.51 bits per heavy atom. The zero-order valence-corrected chi connectivity index (χ0v) is 28.3. The Morgan fingerprint density at radius 1 is 0.809 bits per heavy atom. The highest BCUT2D eigenvalue weighted by atomic mass is 16.5. The van der Waals surface area contributed by atoms with Gasteiger partial charge >= 0.3 is 5.97 Å². The van der Waals surface area contributed by atoms with Gasteiger partial charge in [0.1, 0.15) is 18.0 Å². The maximum Gasteiger partial charge on any atom is 0.326 e. The van der Waals surface area contributed by atoms with E-state index in [-0.39, 0.29) is 31.3 Å². The summed E-state index contributed by atoms with van der Waals surface area (Å²) in [6.07, 6.45) is 6.34. The van der Waals surface area contributed by atoms with E-state index in [1.165, 1.54) is 12.0 Å². The molecule has 0 saturated carbocycles. The summed E-state index contributed by atoms with van der Waals surface area (Å²) in [5, 5.41) is 0. The molecule has 0 unspecified atom stereocenters. The number of nitrogens with zero attached hydrogens (tertiary/aromatic N) is 3. The van der Waals surface area contributed by atoms with Crippen molar-refractivity contribution in [3.8, 4) is 22.6 Å². The number of carbonyl (C=O) groups is 3. The number of pyridine rings is 1. The summed E-state index contributed by atoms with van der Waals surface area (Å²) in [6.45, 7) is 8.41. The molecule has 0 saturated heterocycles. The smallest absolute Gasteiger partial charge is 0.326 e. The van der Waals surface area contributed by atoms with Crippen LogP contribution in [-0.2, 0) is 14.3 Å². The summed E-state index contributed by atoms with van der Waals surface area (Å²) in [4.78, 5) is 44.6. The number of ketones is 1. The van der Waals surface area contributed by atoms with Crippen molar-refractivity contribution in [2.75, 3.05) is 51.9 Å². The van der Waals surface area contributed by atoms with Gasteiger partial charge in [-0.15, -0.1) is 0 Å². The normalized spacial score (nSPS) is 11.1. The van der Waals surface area contributed by atoms with Crippen LogP contribution in [0.25, 0.3) is 16.6 Å². The number of rotatable bonds is 18. The summed E-state index contributed by atoms with van der Waals surface area (Å²) in [5.41, 5.74) is 3.50. The Bertz CT molecular complexity index is 1640. The predicted molar refractivity (Wildman–Crippen MR) is 186 cm³/mol. The maximum atomic E-state index is 14.4. The molecule has 9 nitrogen and oxygen atoms in total. The van der Waals surface area contributed by atoms with Gasteiger partial charge in [-0.2, -0.15) is 0 Å². The highest BCUT2D eigenvalue weighted by molar-refractivity contribution is 6.15. The lowest BCUT2D eigenvalue weighted by Crippen LogP contribution is -2.39. The Balaban J connectivity index is 1.72. The number of benzene rings is 2. The molecule has 0 aliphatic carbocycles. The van der Waals surface area contributed by atoms with Crippen LogP contribution in [0.15, 0.2) is 72.9 Å². The van der Waals surface area contributed by atoms with Crippen LogP contribution in [0.1, 0.15) is 68.9 Å². The average Bonchev–Trinajstić information content (AvgIpc) is 3.44. The molecule has 9 heteroatoms. The van der Waals surface area contributed by atoms with E-state index in [9.17, 15) is 14.4 Å². The fourth-order valence-electron chi connectivity index (χ4n) is 5.79. The largest absolute Gasteiger partial charge is 0.495 e. The Morgan fingerprint density at radius 3 is 2.15 bits per heavy atom. The van der Waals surface area contributed by atoms with Gasteiger partial charge in [-0.25, -0.2) is 0 Å². The first kappa shape index (κ1) is 35.2. The molecule has 47 heavy (non-hydrogen) atoms. The molecule has 2 aromatic carbocycles. The summed E-state index contributed by atoms with van der Waals surface area (Å²) in [7, 11) is 3.09. The highest BCUT2D eigenvalue weighted by Crippen LogP contribution is 2.41. The van der Waals surface area contributed by atoms with Crippen molar-refractivity contribution in [1.29, 1.82) is 0 Å². The molecule has 0 bridgehead atoms. The lowest BCUT2D eigenvalue weighted by molar-refractivity contribution is -0.142. The predicted octanol–water partition coefficient (Wildman–Crippen LogP) is 7.04. The molecule has 2 aromatic heterocycles. The third-order valence-corrected chi connectivity index (χ3v) is 8.20. The number of aromatic nitrogens is 1. The minimum absolute atomic E-state index is 0.200. The van der Waals surface area contributed by atoms with Gasteiger partial charge < -0.3 is 23.5 Å². The van der Waals surface area contributed by atoms with E-state index in [1.54, 1.807) is 32.2 Å². The van der Waals surface area contributed by atoms with E-state index < -0.39 is 5.97 Å². The number of methoxy groups -OCH3 is 2. The van der Waals surface area contributed by atoms with Gasteiger partial charge in [-0.1, -0.05) is 63.1 Å². The van der Waals surface area contributed by atoms with E-state index >= 15 is 0 Å². The van der Waals surface area contributed by atoms with Gasteiger partial charge in [0.2, 0.25) is 11.7 Å². The molecular weight excluding hydrogens is 594 g/mol. The van der Waals surface area contributed by atoms with Crippen LogP contribution in [0.2, 0.25) is 0 Å². The molecule has 0 fully saturated rings. The number of anilines is 1. The quantitative estimate of drug-likeness (QED) is 0.0850. The SMILES string of the molecule is CCCCN(CCCC)CCC(=O)N(CC(=O)OCC)c1ccc(C(=O)c2c(-c3ccccc3)c(OC)c3ccccn23)cc1OC. The van der Waals surface area contributed by atoms with E-state index in [1.807, 2.05) is 59.1 Å². The molecule has 0 N–H and O–H groups in total. The minimum atomic E-state index is -0.517. The average molecular weight is 642 g/mol. The van der Waals surface area contributed by atoms with Crippen molar-refractivity contribution in [2.45, 2.75) is 52.9 Å². The topological polar surface area (TPSA) is 89.8 Å². The van der Waals surface area contributed by atoms with Gasteiger partial charge in [-0.05, 0) is 68.8 Å². The van der Waals surface area contributed by atoms with Crippen molar-refractivity contribution < 1.29 is 28.6 Å². The molecule has 0 spiro atoms. The number of carbonyl (C=O) groups excluding carboxylic acids is 3. The van der Waals surface area contributed by atoms with E-state index in [4.69, 9.17) is 14.2 Å². The molecule has 250 valence electrons. The summed E-state index contributed by atoms with van der Waals surface area (Å²) in [6, 6.07) is 20.3. The Kier molecular flexibility index (Phi) is 13.0. The molecule has 1 amide bonds. The van der Waals surface area contributed by atoms with E-state index in [0.29, 0.717) is 40.6 Å². The number of ether oxygens (including phenoxy) is 3. The molecule has 0 atom stereocenters. The first-order valence-electron chi connectivity index (χ1n) is 16.5. The summed E-state index contributed by atoms with van der Waals surface area (Å²) in [5.74, 6) is -0.0829. The fraction of sp³-hybridized carbons (Fsp3) is 0.395. The van der Waals surface area contributed by atoms with Crippen LogP contribution in [0, 0.1) is 0 Å². The molecule has 2 heterocycles. The molecule has 4 rings (SSSR count). The van der Waals surface area contributed by atoms with Crippen LogP contribution in [0.5, 0.6) is 11.5 Å². The molecular formula is C38H47N3O6. The van der Waals surface area contributed by atoms with Crippen LogP contribution in [0.4, 0.5) is 5.69 Å². The van der Waals surface area contributed by atoms with Crippen molar-refractivity contribution in [2.24, 2.45) is 0 Å². The summed E-state index contributed by atoms with van der Waals surface area (Å²) < 4.78 is 18.7. The number of fused-ring (bicyclic) bond motifs is 1. The maximum absolute atomic E-state index is 14.4. The van der Waals surface area contributed by atoms with Crippen LogP contribution in [0.3, 0.4) is 0 Å². The number of unbranched alkanes of at least 4 members (excludes halogenated alkanes) is 2. The lowest BCUT2D eigenvalue weighted by Gasteiger charge is -2.26. The summed E-state index contributed by atoms with van der Waals surface area (Å²) >= 11 is 0. The zero-order valence-electron chi connectivity index (χ0n) is 28.3. The monoisotopic (exact) mass is 641 g/mol. The van der Waals surface area contributed by atoms with Crippen molar-refractivity contribution in [3.05, 3.63) is 84.2 Å². The molecule has 0 aliphatic rings. The molecule has 0 aliphatic heterocycles. The van der Waals surface area contributed by atoms with Crippen LogP contribution >= 0.6 is 0 Å². The first-order chi connectivity index (χ1) is 22.9. The van der Waals surface area contributed by atoms with Gasteiger partial charge in [0.15, 0.2) is 5.75 Å². The van der Waals surface area contributed by atoms with Crippen LogP contribution in [-0.4, -0.2) is 74.0 Å². The zero-order chi connectivity index (χ0) is 33.8. The third kappa shape index (κ3) is 8.40. The number of hydrogen-bond acceptors (Lipinski definition) is 7. The highest BCUT2D eigenvalue weighted by Gasteiger charge is 2.28. The fourth-order valence-corrected chi connectivity index (χ4v) is 5.79. The van der Waals surface area contributed by atoms with Gasteiger partial charge in [0.25, 0.3) is 0 Å². The second-order valence-electron chi connectivity index (χ2n) is 11.4. The number of esters is 1. The van der Waals surface area contributed by atoms with Crippen molar-refractivity contribution in [1.82, 2.24) is 9.30 Å². The van der Waals surface area contributed by atoms with Crippen molar-refractivity contribution >= 4 is 28.9 Å². The third-order valence-electron chi connectivity index (χ3n) is 8.20. The second kappa shape index (κ2) is 17.3. The molecule has 0 radical (unpaired) electrons. The molecule has 4 aromatic rings. The van der Waals surface area contributed by atoms with Gasteiger partial charge in [-0.3, -0.25) is 19.3 Å². The number of hydrogen-bond donors (Lipinski definition) is 0. The standard InChI is InChI=1S/C38H47N3O6/c1-6-9-22-39(23-10-7-2)25-21-33(42)41(27-34(43)47-8-3)30-20-19-29(26-32(30)45-4)37(44)36-35(28-16-12-11-13-17-28)38(46-5)31-18-14-15-24-40(31)36/h11-20,24,26H,6-10,21-23,25,27H2,1-5H3. The van der Waals surface area contributed by atoms with Crippen molar-refractivity contribution in [3.63, 3.8) is 0 Å². The number of amides is 1. The Hall–Kier alpha value is -4.63. The van der Waals surface area contributed by atoms with Crippen LogP contribution < -0.4 is 14.4 Å². The van der Waals surface area contributed by atoms with E-state index in [0.717, 1.165) is 49.9 Å². The first-order valence-corrected chi connectivity index (χ1v) is 16.5. The lowest BCUT2D eigenvalue weighted by atomic mass is 9.99. The minimum Gasteiger partial charge on any atom is -0.495 e. The van der Waals surface area contributed by atoms with Gasteiger partial charge in [0, 0.05) is 24.7 Å².